The molecule has 1 N–H and O–H groups in total. The van der Waals surface area contributed by atoms with Crippen LogP contribution in [0.25, 0.3) is 0 Å². The lowest BCUT2D eigenvalue weighted by Gasteiger charge is -2.20. The second-order valence-corrected chi connectivity index (χ2v) is 7.26. The molecule has 0 unspecified atom stereocenters. The van der Waals surface area contributed by atoms with Crippen LogP contribution in [0.1, 0.15) is 30.0 Å². The molecule has 5 nitrogen and oxygen atoms in total. The Labute approximate surface area is 176 Å². The van der Waals surface area contributed by atoms with E-state index in [0.717, 1.165) is 29.8 Å². The monoisotopic (exact) mass is 400 g/mol. The number of carbonyl (C=O) groups excluding carboxylic acids is 2. The maximum atomic E-state index is 12.7. The van der Waals surface area contributed by atoms with Gasteiger partial charge in [-0.1, -0.05) is 66.7 Å². The fourth-order valence-corrected chi connectivity index (χ4v) is 3.66. The predicted molar refractivity (Wildman–Crippen MR) is 116 cm³/mol. The number of amides is 2. The predicted octanol–water partition coefficient (Wildman–Crippen LogP) is 4.10. The van der Waals surface area contributed by atoms with Gasteiger partial charge in [-0.15, -0.1) is 0 Å². The van der Waals surface area contributed by atoms with Crippen LogP contribution in [-0.4, -0.2) is 25.0 Å². The second kappa shape index (κ2) is 9.27. The van der Waals surface area contributed by atoms with E-state index in [1.807, 2.05) is 78.9 Å². The van der Waals surface area contributed by atoms with Gasteiger partial charge in [0.2, 0.25) is 5.91 Å². The zero-order valence-electron chi connectivity index (χ0n) is 16.7. The average molecular weight is 400 g/mol. The molecule has 0 aliphatic carbocycles. The molecule has 30 heavy (non-hydrogen) atoms. The number of anilines is 1. The summed E-state index contributed by atoms with van der Waals surface area (Å²) in [5.41, 5.74) is 2.82. The lowest BCUT2D eigenvalue weighted by atomic mass is 9.99. The molecule has 0 radical (unpaired) electrons. The van der Waals surface area contributed by atoms with E-state index in [1.165, 1.54) is 0 Å². The summed E-state index contributed by atoms with van der Waals surface area (Å²) in [5.74, 6) is 0.479. The fourth-order valence-electron chi connectivity index (χ4n) is 3.66. The lowest BCUT2D eigenvalue weighted by molar-refractivity contribution is -0.123. The minimum Gasteiger partial charge on any atom is -0.484 e. The van der Waals surface area contributed by atoms with Crippen LogP contribution in [0.5, 0.6) is 5.75 Å². The van der Waals surface area contributed by atoms with Gasteiger partial charge >= 0.3 is 0 Å². The van der Waals surface area contributed by atoms with Crippen molar-refractivity contribution in [1.29, 1.82) is 0 Å². The fraction of sp³-hybridized carbons (Fsp3) is 0.200. The van der Waals surface area contributed by atoms with Crippen LogP contribution in [0.2, 0.25) is 0 Å². The third kappa shape index (κ3) is 4.69. The van der Waals surface area contributed by atoms with Crippen LogP contribution in [0.15, 0.2) is 84.9 Å². The van der Waals surface area contributed by atoms with Crippen molar-refractivity contribution in [3.05, 3.63) is 96.1 Å². The Kier molecular flexibility index (Phi) is 6.09. The molecule has 0 atom stereocenters. The van der Waals surface area contributed by atoms with Gasteiger partial charge in [-0.3, -0.25) is 9.59 Å². The lowest BCUT2D eigenvalue weighted by Crippen LogP contribution is -2.33. The van der Waals surface area contributed by atoms with Crippen molar-refractivity contribution >= 4 is 17.5 Å². The number of rotatable bonds is 7. The number of carbonyl (C=O) groups is 2. The molecule has 0 aromatic heterocycles. The maximum Gasteiger partial charge on any atom is 0.258 e. The van der Waals surface area contributed by atoms with Crippen molar-refractivity contribution in [2.24, 2.45) is 0 Å². The normalized spacial score (nSPS) is 13.5. The summed E-state index contributed by atoms with van der Waals surface area (Å²) in [7, 11) is 0. The van der Waals surface area contributed by atoms with Crippen molar-refractivity contribution < 1.29 is 14.3 Å². The van der Waals surface area contributed by atoms with Gasteiger partial charge in [-0.05, 0) is 29.7 Å². The Morgan fingerprint density at radius 2 is 1.60 bits per heavy atom. The van der Waals surface area contributed by atoms with E-state index in [9.17, 15) is 9.59 Å². The van der Waals surface area contributed by atoms with Crippen LogP contribution in [0.4, 0.5) is 5.69 Å². The number of hydrogen-bond acceptors (Lipinski definition) is 3. The standard InChI is InChI=1S/C25H24N2O3/c28-23(18-30-22-14-7-13-21(17-22)27-16-8-15-24(27)29)26-25(19-9-3-1-4-10-19)20-11-5-2-6-12-20/h1-7,9-14,17,25H,8,15-16,18H2,(H,26,28). The highest BCUT2D eigenvalue weighted by molar-refractivity contribution is 5.95. The summed E-state index contributed by atoms with van der Waals surface area (Å²) in [5, 5.41) is 3.07. The molecular formula is C25H24N2O3. The molecule has 1 fully saturated rings. The van der Waals surface area contributed by atoms with E-state index in [4.69, 9.17) is 4.74 Å². The third-order valence-electron chi connectivity index (χ3n) is 5.14. The van der Waals surface area contributed by atoms with E-state index in [2.05, 4.69) is 5.32 Å². The molecule has 152 valence electrons. The first-order chi connectivity index (χ1) is 14.7. The van der Waals surface area contributed by atoms with Gasteiger partial charge in [0.05, 0.1) is 6.04 Å². The molecule has 0 spiro atoms. The Bertz CT molecular complexity index is 966. The SMILES string of the molecule is O=C(COc1cccc(N2CCCC2=O)c1)NC(c1ccccc1)c1ccccc1. The van der Waals surface area contributed by atoms with E-state index in [1.54, 1.807) is 11.0 Å². The van der Waals surface area contributed by atoms with E-state index < -0.39 is 0 Å². The number of ether oxygens (including phenoxy) is 1. The molecule has 1 aliphatic rings. The number of nitrogens with one attached hydrogen (secondary N) is 1. The largest absolute Gasteiger partial charge is 0.484 e. The molecule has 2 amide bonds. The van der Waals surface area contributed by atoms with Crippen LogP contribution in [0, 0.1) is 0 Å². The number of hydrogen-bond donors (Lipinski definition) is 1. The summed E-state index contributed by atoms with van der Waals surface area (Å²) in [6.45, 7) is 0.617. The van der Waals surface area contributed by atoms with Crippen molar-refractivity contribution in [2.45, 2.75) is 18.9 Å². The van der Waals surface area contributed by atoms with Crippen LogP contribution >= 0.6 is 0 Å². The molecule has 1 saturated heterocycles. The van der Waals surface area contributed by atoms with E-state index >= 15 is 0 Å². The Morgan fingerprint density at radius 1 is 0.933 bits per heavy atom. The molecule has 0 saturated carbocycles. The first kappa shape index (κ1) is 19.7. The first-order valence-electron chi connectivity index (χ1n) is 10.1. The maximum absolute atomic E-state index is 12.7. The number of nitrogens with zero attached hydrogens (tertiary/aromatic N) is 1. The van der Waals surface area contributed by atoms with Crippen LogP contribution in [0.3, 0.4) is 0 Å². The smallest absolute Gasteiger partial charge is 0.258 e. The highest BCUT2D eigenvalue weighted by Crippen LogP contribution is 2.25. The molecule has 3 aromatic carbocycles. The summed E-state index contributed by atoms with van der Waals surface area (Å²) < 4.78 is 5.73. The minimum atomic E-state index is -0.253. The van der Waals surface area contributed by atoms with Gasteiger partial charge in [-0.2, -0.15) is 0 Å². The highest BCUT2D eigenvalue weighted by atomic mass is 16.5. The van der Waals surface area contributed by atoms with E-state index in [-0.39, 0.29) is 24.5 Å². The molecular weight excluding hydrogens is 376 g/mol. The van der Waals surface area contributed by atoms with Crippen molar-refractivity contribution in [2.75, 3.05) is 18.1 Å². The van der Waals surface area contributed by atoms with Crippen molar-refractivity contribution in [1.82, 2.24) is 5.32 Å². The third-order valence-corrected chi connectivity index (χ3v) is 5.14. The minimum absolute atomic E-state index is 0.104. The summed E-state index contributed by atoms with van der Waals surface area (Å²) in [6, 6.07) is 26.8. The van der Waals surface area contributed by atoms with Crippen molar-refractivity contribution in [3.63, 3.8) is 0 Å². The zero-order chi connectivity index (χ0) is 20.8. The summed E-state index contributed by atoms with van der Waals surface area (Å²) in [6.07, 6.45) is 1.44. The van der Waals surface area contributed by atoms with Crippen molar-refractivity contribution in [3.8, 4) is 5.75 Å². The quantitative estimate of drug-likeness (QED) is 0.650. The number of benzene rings is 3. The molecule has 4 rings (SSSR count). The van der Waals surface area contributed by atoms with Gasteiger partial charge in [0.25, 0.3) is 5.91 Å². The van der Waals surface area contributed by atoms with E-state index in [0.29, 0.717) is 12.2 Å². The Balaban J connectivity index is 1.43. The van der Waals surface area contributed by atoms with Crippen LogP contribution < -0.4 is 15.0 Å². The first-order valence-corrected chi connectivity index (χ1v) is 10.1. The van der Waals surface area contributed by atoms with Gasteiger partial charge in [0, 0.05) is 24.7 Å². The van der Waals surface area contributed by atoms with Gasteiger partial charge in [0.1, 0.15) is 5.75 Å². The van der Waals surface area contributed by atoms with Gasteiger partial charge < -0.3 is 15.0 Å². The van der Waals surface area contributed by atoms with Crippen LogP contribution in [-0.2, 0) is 9.59 Å². The Morgan fingerprint density at radius 3 is 2.20 bits per heavy atom. The molecule has 5 heteroatoms. The Hall–Kier alpha value is -3.60. The highest BCUT2D eigenvalue weighted by Gasteiger charge is 2.22. The van der Waals surface area contributed by atoms with Gasteiger partial charge in [0.15, 0.2) is 6.61 Å². The summed E-state index contributed by atoms with van der Waals surface area (Å²) in [4.78, 5) is 26.4. The molecule has 0 bridgehead atoms. The second-order valence-electron chi connectivity index (χ2n) is 7.26. The topological polar surface area (TPSA) is 58.6 Å². The summed E-state index contributed by atoms with van der Waals surface area (Å²) >= 11 is 0. The zero-order valence-corrected chi connectivity index (χ0v) is 16.7. The average Bonchev–Trinajstić information content (AvgIpc) is 3.23. The molecule has 1 aliphatic heterocycles. The molecule has 3 aromatic rings. The molecule has 1 heterocycles. The van der Waals surface area contributed by atoms with Gasteiger partial charge in [-0.25, -0.2) is 0 Å².